The van der Waals surface area contributed by atoms with Gasteiger partial charge in [0.2, 0.25) is 0 Å². The molecule has 0 aromatic heterocycles. The number of amides is 2. The number of allylic oxidation sites excluding steroid dienone is 1. The molecular weight excluding hydrogens is 415 g/mol. The standard InChI is InChI=1S/C20H18BrFN2O3/c1-12-9-16(21)17(11-19(12)27-2)23-20(26)24-8-7-15(25)10-18(24)13-3-5-14(22)6-4-13/h3-9,11,18H,10H2,1-2H3,(H,23,26). The first-order valence-corrected chi connectivity index (χ1v) is 9.08. The topological polar surface area (TPSA) is 58.6 Å². The first-order valence-electron chi connectivity index (χ1n) is 8.29. The zero-order chi connectivity index (χ0) is 19.6. The van der Waals surface area contributed by atoms with E-state index < -0.39 is 12.1 Å². The molecule has 27 heavy (non-hydrogen) atoms. The van der Waals surface area contributed by atoms with E-state index in [0.29, 0.717) is 21.5 Å². The van der Waals surface area contributed by atoms with Crippen molar-refractivity contribution in [2.45, 2.75) is 19.4 Å². The Morgan fingerprint density at radius 1 is 1.30 bits per heavy atom. The second kappa shape index (κ2) is 7.92. The lowest BCUT2D eigenvalue weighted by atomic mass is 9.97. The summed E-state index contributed by atoms with van der Waals surface area (Å²) in [5.74, 6) is 0.183. The van der Waals surface area contributed by atoms with Crippen LogP contribution in [0, 0.1) is 12.7 Å². The molecule has 1 unspecified atom stereocenters. The molecule has 2 amide bonds. The molecule has 2 aromatic carbocycles. The lowest BCUT2D eigenvalue weighted by molar-refractivity contribution is -0.116. The molecule has 0 aliphatic carbocycles. The number of rotatable bonds is 3. The van der Waals surface area contributed by atoms with Crippen molar-refractivity contribution in [3.05, 3.63) is 70.1 Å². The highest BCUT2D eigenvalue weighted by Crippen LogP contribution is 2.33. The SMILES string of the molecule is COc1cc(NC(=O)N2C=CC(=O)CC2c2ccc(F)cc2)c(Br)cc1C. The number of halogens is 2. The van der Waals surface area contributed by atoms with Gasteiger partial charge in [-0.1, -0.05) is 12.1 Å². The van der Waals surface area contributed by atoms with Crippen LogP contribution >= 0.6 is 15.9 Å². The Hall–Kier alpha value is -2.67. The van der Waals surface area contributed by atoms with E-state index in [4.69, 9.17) is 4.74 Å². The van der Waals surface area contributed by atoms with Gasteiger partial charge in [-0.15, -0.1) is 0 Å². The Kier molecular flexibility index (Phi) is 5.60. The fraction of sp³-hybridized carbons (Fsp3) is 0.200. The molecule has 3 rings (SSSR count). The second-order valence-electron chi connectivity index (χ2n) is 6.19. The largest absolute Gasteiger partial charge is 0.496 e. The maximum atomic E-state index is 13.2. The Labute approximate surface area is 164 Å². The molecular formula is C20H18BrFN2O3. The molecule has 2 aromatic rings. The highest BCUT2D eigenvalue weighted by Gasteiger charge is 2.29. The van der Waals surface area contributed by atoms with Crippen molar-refractivity contribution in [2.75, 3.05) is 12.4 Å². The van der Waals surface area contributed by atoms with Crippen molar-refractivity contribution in [1.82, 2.24) is 4.90 Å². The minimum atomic E-state index is -0.505. The van der Waals surface area contributed by atoms with Gasteiger partial charge in [0.15, 0.2) is 5.78 Å². The summed E-state index contributed by atoms with van der Waals surface area (Å²) in [4.78, 5) is 26.2. The van der Waals surface area contributed by atoms with Gasteiger partial charge in [-0.25, -0.2) is 9.18 Å². The van der Waals surface area contributed by atoms with Crippen molar-refractivity contribution >= 4 is 33.4 Å². The summed E-state index contributed by atoms with van der Waals surface area (Å²) in [7, 11) is 1.56. The van der Waals surface area contributed by atoms with Gasteiger partial charge in [0, 0.05) is 23.2 Å². The van der Waals surface area contributed by atoms with Crippen LogP contribution in [0.2, 0.25) is 0 Å². The van der Waals surface area contributed by atoms with Crippen LogP contribution in [0.3, 0.4) is 0 Å². The van der Waals surface area contributed by atoms with E-state index in [1.807, 2.05) is 13.0 Å². The lowest BCUT2D eigenvalue weighted by Crippen LogP contribution is -2.37. The Balaban J connectivity index is 1.88. The van der Waals surface area contributed by atoms with Crippen molar-refractivity contribution in [2.24, 2.45) is 0 Å². The van der Waals surface area contributed by atoms with Crippen LogP contribution in [-0.2, 0) is 4.79 Å². The molecule has 1 atom stereocenters. The Bertz CT molecular complexity index is 912. The van der Waals surface area contributed by atoms with Crippen LogP contribution in [0.15, 0.2) is 53.1 Å². The molecule has 0 radical (unpaired) electrons. The quantitative estimate of drug-likeness (QED) is 0.744. The summed E-state index contributed by atoms with van der Waals surface area (Å²) in [6.45, 7) is 1.90. The number of anilines is 1. The number of hydrogen-bond donors (Lipinski definition) is 1. The first kappa shape index (κ1) is 19.1. The zero-order valence-corrected chi connectivity index (χ0v) is 16.4. The lowest BCUT2D eigenvalue weighted by Gasteiger charge is -2.31. The smallest absolute Gasteiger partial charge is 0.326 e. The average Bonchev–Trinajstić information content (AvgIpc) is 2.64. The molecule has 1 aliphatic rings. The Morgan fingerprint density at radius 2 is 2.00 bits per heavy atom. The van der Waals surface area contributed by atoms with Gasteiger partial charge in [-0.05, 0) is 58.3 Å². The number of benzene rings is 2. The average molecular weight is 433 g/mol. The minimum Gasteiger partial charge on any atom is -0.496 e. The van der Waals surface area contributed by atoms with Gasteiger partial charge in [0.05, 0.1) is 18.8 Å². The van der Waals surface area contributed by atoms with Gasteiger partial charge in [0.1, 0.15) is 11.6 Å². The van der Waals surface area contributed by atoms with E-state index >= 15 is 0 Å². The van der Waals surface area contributed by atoms with E-state index in [-0.39, 0.29) is 18.0 Å². The van der Waals surface area contributed by atoms with E-state index in [1.54, 1.807) is 25.3 Å². The van der Waals surface area contributed by atoms with Crippen LogP contribution < -0.4 is 10.1 Å². The molecule has 1 aliphatic heterocycles. The summed E-state index contributed by atoms with van der Waals surface area (Å²) in [5.41, 5.74) is 2.16. The number of urea groups is 1. The third kappa shape index (κ3) is 4.19. The Morgan fingerprint density at radius 3 is 2.67 bits per heavy atom. The maximum absolute atomic E-state index is 13.2. The van der Waals surface area contributed by atoms with Crippen LogP contribution in [0.1, 0.15) is 23.6 Å². The third-order valence-corrected chi connectivity index (χ3v) is 5.02. The number of aryl methyl sites for hydroxylation is 1. The molecule has 7 heteroatoms. The van der Waals surface area contributed by atoms with Gasteiger partial charge in [-0.3, -0.25) is 9.69 Å². The first-order chi connectivity index (χ1) is 12.9. The summed E-state index contributed by atoms with van der Waals surface area (Å²) in [5, 5.41) is 2.83. The number of carbonyl (C=O) groups is 2. The van der Waals surface area contributed by atoms with E-state index in [9.17, 15) is 14.0 Å². The number of nitrogens with one attached hydrogen (secondary N) is 1. The van der Waals surface area contributed by atoms with Crippen LogP contribution in [0.4, 0.5) is 14.9 Å². The summed E-state index contributed by atoms with van der Waals surface area (Å²) in [6.07, 6.45) is 2.95. The number of nitrogens with zero attached hydrogens (tertiary/aromatic N) is 1. The number of hydrogen-bond acceptors (Lipinski definition) is 3. The third-order valence-electron chi connectivity index (χ3n) is 4.37. The molecule has 0 saturated heterocycles. The molecule has 0 spiro atoms. The zero-order valence-electron chi connectivity index (χ0n) is 14.8. The molecule has 140 valence electrons. The fourth-order valence-electron chi connectivity index (χ4n) is 2.95. The van der Waals surface area contributed by atoms with E-state index in [2.05, 4.69) is 21.2 Å². The van der Waals surface area contributed by atoms with Crippen LogP contribution in [0.5, 0.6) is 5.75 Å². The predicted octanol–water partition coefficient (Wildman–Crippen LogP) is 4.97. The minimum absolute atomic E-state index is 0.0911. The molecule has 1 N–H and O–H groups in total. The summed E-state index contributed by atoms with van der Waals surface area (Å²) in [6, 6.07) is 8.46. The molecule has 0 bridgehead atoms. The number of carbonyl (C=O) groups excluding carboxylic acids is 2. The monoisotopic (exact) mass is 432 g/mol. The van der Waals surface area contributed by atoms with Crippen molar-refractivity contribution in [1.29, 1.82) is 0 Å². The van der Waals surface area contributed by atoms with E-state index in [1.165, 1.54) is 29.3 Å². The highest BCUT2D eigenvalue weighted by molar-refractivity contribution is 9.10. The number of ketones is 1. The van der Waals surface area contributed by atoms with E-state index in [0.717, 1.165) is 5.56 Å². The van der Waals surface area contributed by atoms with Crippen molar-refractivity contribution in [3.8, 4) is 5.75 Å². The van der Waals surface area contributed by atoms with Crippen molar-refractivity contribution in [3.63, 3.8) is 0 Å². The molecule has 0 fully saturated rings. The number of methoxy groups -OCH3 is 1. The fourth-order valence-corrected chi connectivity index (χ4v) is 3.50. The van der Waals surface area contributed by atoms with Gasteiger partial charge < -0.3 is 10.1 Å². The number of ether oxygens (including phenoxy) is 1. The summed E-state index contributed by atoms with van der Waals surface area (Å²) >= 11 is 3.44. The predicted molar refractivity (Wildman–Crippen MR) is 104 cm³/mol. The second-order valence-corrected chi connectivity index (χ2v) is 7.05. The summed E-state index contributed by atoms with van der Waals surface area (Å²) < 4.78 is 19.2. The van der Waals surface area contributed by atoms with Gasteiger partial charge in [0.25, 0.3) is 0 Å². The normalized spacial score (nSPS) is 16.4. The molecule has 5 nitrogen and oxygen atoms in total. The van der Waals surface area contributed by atoms with Gasteiger partial charge in [-0.2, -0.15) is 0 Å². The van der Waals surface area contributed by atoms with Crippen molar-refractivity contribution < 1.29 is 18.7 Å². The maximum Gasteiger partial charge on any atom is 0.326 e. The molecule has 0 saturated carbocycles. The molecule has 1 heterocycles. The van der Waals surface area contributed by atoms with Gasteiger partial charge >= 0.3 is 6.03 Å². The highest BCUT2D eigenvalue weighted by atomic mass is 79.9. The van der Waals surface area contributed by atoms with Crippen LogP contribution in [-0.4, -0.2) is 23.8 Å². The van der Waals surface area contributed by atoms with Crippen LogP contribution in [0.25, 0.3) is 0 Å².